The van der Waals surface area contributed by atoms with Crippen molar-refractivity contribution >= 4 is 12.4 Å². The molecule has 1 atom stereocenters. The van der Waals surface area contributed by atoms with Crippen molar-refractivity contribution in [3.05, 3.63) is 23.8 Å². The van der Waals surface area contributed by atoms with Gasteiger partial charge in [0.2, 0.25) is 0 Å². The Kier molecular flexibility index (Phi) is 7.00. The largest absolute Gasteiger partial charge is 0.497 e. The number of hydrogen-bond acceptors (Lipinski definition) is 3. The maximum Gasteiger partial charge on any atom is 0.122 e. The Morgan fingerprint density at radius 1 is 1.06 bits per heavy atom. The van der Waals surface area contributed by atoms with Crippen LogP contribution in [0.4, 0.5) is 0 Å². The number of rotatable bonds is 5. The molecule has 0 heterocycles. The van der Waals surface area contributed by atoms with E-state index in [4.69, 9.17) is 15.2 Å². The van der Waals surface area contributed by atoms with Crippen LogP contribution in [0.5, 0.6) is 11.5 Å². The first-order valence-corrected chi connectivity index (χ1v) is 5.55. The predicted molar refractivity (Wildman–Crippen MR) is 73.2 cm³/mol. The summed E-state index contributed by atoms with van der Waals surface area (Å²) in [5.41, 5.74) is 7.19. The van der Waals surface area contributed by atoms with Gasteiger partial charge in [-0.3, -0.25) is 0 Å². The fraction of sp³-hybridized carbons (Fsp3) is 0.538. The van der Waals surface area contributed by atoms with Gasteiger partial charge in [0.25, 0.3) is 0 Å². The molecule has 1 rings (SSSR count). The SMILES string of the molecule is COc1cc(OC)cc([C@@H](N)CC(C)C)c1.Cl. The Bertz CT molecular complexity index is 320. The zero-order valence-electron chi connectivity index (χ0n) is 10.9. The van der Waals surface area contributed by atoms with Gasteiger partial charge in [-0.05, 0) is 30.0 Å². The number of methoxy groups -OCH3 is 2. The van der Waals surface area contributed by atoms with Crippen LogP contribution in [0.25, 0.3) is 0 Å². The molecule has 0 saturated carbocycles. The average Bonchev–Trinajstić information content (AvgIpc) is 2.27. The molecule has 2 N–H and O–H groups in total. The van der Waals surface area contributed by atoms with Gasteiger partial charge in [0.1, 0.15) is 11.5 Å². The molecule has 0 aliphatic rings. The number of hydrogen-bond donors (Lipinski definition) is 1. The second kappa shape index (κ2) is 7.41. The fourth-order valence-electron chi connectivity index (χ4n) is 1.69. The van der Waals surface area contributed by atoms with Crippen LogP contribution in [0.3, 0.4) is 0 Å². The molecule has 4 heteroatoms. The van der Waals surface area contributed by atoms with Gasteiger partial charge < -0.3 is 15.2 Å². The molecule has 1 aromatic carbocycles. The van der Waals surface area contributed by atoms with Gasteiger partial charge >= 0.3 is 0 Å². The van der Waals surface area contributed by atoms with Crippen molar-refractivity contribution in [2.24, 2.45) is 11.7 Å². The zero-order valence-corrected chi connectivity index (χ0v) is 11.7. The van der Waals surface area contributed by atoms with Crippen molar-refractivity contribution in [3.63, 3.8) is 0 Å². The van der Waals surface area contributed by atoms with E-state index < -0.39 is 0 Å². The van der Waals surface area contributed by atoms with E-state index in [1.165, 1.54) is 0 Å². The molecule has 0 spiro atoms. The molecule has 0 aromatic heterocycles. The van der Waals surface area contributed by atoms with Gasteiger partial charge in [0.05, 0.1) is 14.2 Å². The third-order valence-corrected chi connectivity index (χ3v) is 2.53. The van der Waals surface area contributed by atoms with Crippen LogP contribution >= 0.6 is 12.4 Å². The molecule has 0 amide bonds. The molecule has 0 radical (unpaired) electrons. The van der Waals surface area contributed by atoms with E-state index >= 15 is 0 Å². The second-order valence-electron chi connectivity index (χ2n) is 4.38. The smallest absolute Gasteiger partial charge is 0.122 e. The highest BCUT2D eigenvalue weighted by Crippen LogP contribution is 2.28. The van der Waals surface area contributed by atoms with E-state index in [1.807, 2.05) is 18.2 Å². The van der Waals surface area contributed by atoms with Crippen LogP contribution in [0.2, 0.25) is 0 Å². The second-order valence-corrected chi connectivity index (χ2v) is 4.38. The Balaban J connectivity index is 0.00000256. The lowest BCUT2D eigenvalue weighted by molar-refractivity contribution is 0.391. The normalized spacial score (nSPS) is 11.9. The first-order chi connectivity index (χ1) is 7.56. The first-order valence-electron chi connectivity index (χ1n) is 5.55. The van der Waals surface area contributed by atoms with Crippen molar-refractivity contribution in [2.75, 3.05) is 14.2 Å². The molecule has 0 bridgehead atoms. The van der Waals surface area contributed by atoms with E-state index in [1.54, 1.807) is 14.2 Å². The standard InChI is InChI=1S/C13H21NO2.ClH/c1-9(2)5-13(14)10-6-11(15-3)8-12(7-10)16-4;/h6-9,13H,5,14H2,1-4H3;1H/t13-;/m0./s1. The lowest BCUT2D eigenvalue weighted by Gasteiger charge is -2.16. The van der Waals surface area contributed by atoms with Crippen molar-refractivity contribution in [2.45, 2.75) is 26.3 Å². The van der Waals surface area contributed by atoms with Gasteiger partial charge in [-0.25, -0.2) is 0 Å². The molecule has 0 aliphatic carbocycles. The van der Waals surface area contributed by atoms with Crippen molar-refractivity contribution in [1.29, 1.82) is 0 Å². The summed E-state index contributed by atoms with van der Waals surface area (Å²) in [5, 5.41) is 0. The number of ether oxygens (including phenoxy) is 2. The van der Waals surface area contributed by atoms with Crippen LogP contribution in [0.15, 0.2) is 18.2 Å². The minimum Gasteiger partial charge on any atom is -0.497 e. The monoisotopic (exact) mass is 259 g/mol. The molecule has 0 unspecified atom stereocenters. The van der Waals surface area contributed by atoms with Gasteiger partial charge in [-0.2, -0.15) is 0 Å². The minimum atomic E-state index is 0. The molecule has 0 fully saturated rings. The highest BCUT2D eigenvalue weighted by molar-refractivity contribution is 5.85. The maximum atomic E-state index is 6.13. The molecule has 0 aliphatic heterocycles. The summed E-state index contributed by atoms with van der Waals surface area (Å²) in [7, 11) is 3.29. The Labute approximate surface area is 110 Å². The van der Waals surface area contributed by atoms with Crippen molar-refractivity contribution in [1.82, 2.24) is 0 Å². The zero-order chi connectivity index (χ0) is 12.1. The maximum absolute atomic E-state index is 6.13. The summed E-state index contributed by atoms with van der Waals surface area (Å²) in [6, 6.07) is 5.82. The van der Waals surface area contributed by atoms with E-state index in [9.17, 15) is 0 Å². The average molecular weight is 260 g/mol. The third-order valence-electron chi connectivity index (χ3n) is 2.53. The number of halogens is 1. The molecule has 1 aromatic rings. The van der Waals surface area contributed by atoms with Crippen molar-refractivity contribution in [3.8, 4) is 11.5 Å². The Morgan fingerprint density at radius 2 is 1.53 bits per heavy atom. The van der Waals surface area contributed by atoms with E-state index in [0.717, 1.165) is 23.5 Å². The van der Waals surface area contributed by atoms with Crippen LogP contribution in [0.1, 0.15) is 31.9 Å². The Hall–Kier alpha value is -0.930. The van der Waals surface area contributed by atoms with Crippen molar-refractivity contribution < 1.29 is 9.47 Å². The van der Waals surface area contributed by atoms with Crippen LogP contribution in [0, 0.1) is 5.92 Å². The molecular formula is C13H22ClNO2. The third kappa shape index (κ3) is 4.84. The highest BCUT2D eigenvalue weighted by atomic mass is 35.5. The quantitative estimate of drug-likeness (QED) is 0.883. The van der Waals surface area contributed by atoms with Gasteiger partial charge in [0, 0.05) is 12.1 Å². The highest BCUT2D eigenvalue weighted by Gasteiger charge is 2.11. The Morgan fingerprint density at radius 3 is 1.88 bits per heavy atom. The molecule has 3 nitrogen and oxygen atoms in total. The van der Waals surface area contributed by atoms with Gasteiger partial charge in [0.15, 0.2) is 0 Å². The predicted octanol–water partition coefficient (Wildman–Crippen LogP) is 3.17. The summed E-state index contributed by atoms with van der Waals surface area (Å²) < 4.78 is 10.4. The summed E-state index contributed by atoms with van der Waals surface area (Å²) >= 11 is 0. The van der Waals surface area contributed by atoms with Crippen LogP contribution < -0.4 is 15.2 Å². The van der Waals surface area contributed by atoms with E-state index in [2.05, 4.69) is 13.8 Å². The summed E-state index contributed by atoms with van der Waals surface area (Å²) in [4.78, 5) is 0. The lowest BCUT2D eigenvalue weighted by atomic mass is 9.97. The molecule has 17 heavy (non-hydrogen) atoms. The van der Waals surface area contributed by atoms with Gasteiger partial charge in [-0.1, -0.05) is 13.8 Å². The topological polar surface area (TPSA) is 44.5 Å². The van der Waals surface area contributed by atoms with E-state index in [-0.39, 0.29) is 18.4 Å². The summed E-state index contributed by atoms with van der Waals surface area (Å²) in [5.74, 6) is 2.15. The van der Waals surface area contributed by atoms with Crippen LogP contribution in [-0.2, 0) is 0 Å². The fourth-order valence-corrected chi connectivity index (χ4v) is 1.69. The molecule has 0 saturated heterocycles. The summed E-state index contributed by atoms with van der Waals surface area (Å²) in [6.45, 7) is 4.33. The first kappa shape index (κ1) is 16.1. The minimum absolute atomic E-state index is 0. The lowest BCUT2D eigenvalue weighted by Crippen LogP contribution is -2.13. The number of benzene rings is 1. The number of nitrogens with two attached hydrogens (primary N) is 1. The molecule has 98 valence electrons. The van der Waals surface area contributed by atoms with Gasteiger partial charge in [-0.15, -0.1) is 12.4 Å². The molecular weight excluding hydrogens is 238 g/mol. The van der Waals surface area contributed by atoms with Crippen LogP contribution in [-0.4, -0.2) is 14.2 Å². The van der Waals surface area contributed by atoms with E-state index in [0.29, 0.717) is 5.92 Å². The summed E-state index contributed by atoms with van der Waals surface area (Å²) in [6.07, 6.45) is 0.955.